The third-order valence-electron chi connectivity index (χ3n) is 2.76. The maximum absolute atomic E-state index is 12.8. The molecule has 0 amide bonds. The molecule has 0 saturated heterocycles. The van der Waals surface area contributed by atoms with Crippen molar-refractivity contribution in [3.05, 3.63) is 59.9 Å². The summed E-state index contributed by atoms with van der Waals surface area (Å²) in [6.45, 7) is 0. The van der Waals surface area contributed by atoms with E-state index in [9.17, 15) is 4.39 Å². The molecule has 0 aliphatic carbocycles. The molecule has 5 nitrogen and oxygen atoms in total. The first-order valence-corrected chi connectivity index (χ1v) is 5.99. The number of hydrogen-bond acceptors (Lipinski definition) is 5. The molecular formula is C14H11FN4O. The first kappa shape index (κ1) is 12.3. The van der Waals surface area contributed by atoms with Crippen LogP contribution in [0, 0.1) is 5.82 Å². The summed E-state index contributed by atoms with van der Waals surface area (Å²) >= 11 is 0. The maximum atomic E-state index is 12.8. The fraction of sp³-hybridized carbons (Fsp3) is 0.0714. The van der Waals surface area contributed by atoms with Crippen LogP contribution >= 0.6 is 0 Å². The van der Waals surface area contributed by atoms with Crippen LogP contribution in [0.4, 0.5) is 10.1 Å². The molecule has 0 fully saturated rings. The van der Waals surface area contributed by atoms with Crippen LogP contribution < -0.4 is 5.73 Å². The predicted molar refractivity (Wildman–Crippen MR) is 71.1 cm³/mol. The van der Waals surface area contributed by atoms with Crippen LogP contribution in [-0.2, 0) is 6.42 Å². The van der Waals surface area contributed by atoms with Crippen molar-refractivity contribution in [3.63, 3.8) is 0 Å². The molecule has 0 radical (unpaired) electrons. The third-order valence-corrected chi connectivity index (χ3v) is 2.76. The van der Waals surface area contributed by atoms with Gasteiger partial charge >= 0.3 is 0 Å². The molecule has 0 bridgehead atoms. The van der Waals surface area contributed by atoms with Gasteiger partial charge in [0.05, 0.1) is 12.6 Å². The van der Waals surface area contributed by atoms with Gasteiger partial charge < -0.3 is 10.3 Å². The van der Waals surface area contributed by atoms with Crippen molar-refractivity contribution in [1.82, 2.24) is 15.1 Å². The number of nitrogens with zero attached hydrogens (tertiary/aromatic N) is 3. The Labute approximate surface area is 114 Å². The van der Waals surface area contributed by atoms with Gasteiger partial charge in [-0.3, -0.25) is 0 Å². The normalized spacial score (nSPS) is 10.7. The molecule has 0 aliphatic heterocycles. The van der Waals surface area contributed by atoms with Crippen LogP contribution in [0.2, 0.25) is 0 Å². The Balaban J connectivity index is 1.80. The van der Waals surface area contributed by atoms with E-state index in [4.69, 9.17) is 10.3 Å². The second-order valence-corrected chi connectivity index (χ2v) is 4.29. The lowest BCUT2D eigenvalue weighted by molar-refractivity contribution is 0.385. The first-order chi connectivity index (χ1) is 9.70. The SMILES string of the molecule is Nc1ccc(Cc2nc(-c3ccc(F)cn3)no2)cc1. The van der Waals surface area contributed by atoms with Gasteiger partial charge in [0, 0.05) is 5.69 Å². The largest absolute Gasteiger partial charge is 0.399 e. The van der Waals surface area contributed by atoms with Crippen LogP contribution in [0.25, 0.3) is 11.5 Å². The molecule has 100 valence electrons. The van der Waals surface area contributed by atoms with Crippen molar-refractivity contribution >= 4 is 5.69 Å². The van der Waals surface area contributed by atoms with Crippen LogP contribution in [-0.4, -0.2) is 15.1 Å². The summed E-state index contributed by atoms with van der Waals surface area (Å²) in [5.41, 5.74) is 7.81. The number of halogens is 1. The minimum Gasteiger partial charge on any atom is -0.399 e. The fourth-order valence-corrected chi connectivity index (χ4v) is 1.75. The van der Waals surface area contributed by atoms with Crippen molar-refractivity contribution in [2.24, 2.45) is 0 Å². The molecule has 0 unspecified atom stereocenters. The number of nitrogen functional groups attached to an aromatic ring is 1. The van der Waals surface area contributed by atoms with Gasteiger partial charge in [-0.2, -0.15) is 4.98 Å². The summed E-state index contributed by atoms with van der Waals surface area (Å²) in [6.07, 6.45) is 1.62. The van der Waals surface area contributed by atoms with E-state index in [1.165, 1.54) is 12.1 Å². The highest BCUT2D eigenvalue weighted by molar-refractivity contribution is 5.47. The number of hydrogen-bond donors (Lipinski definition) is 1. The van der Waals surface area contributed by atoms with E-state index >= 15 is 0 Å². The Bertz CT molecular complexity index is 707. The zero-order chi connectivity index (χ0) is 13.9. The zero-order valence-corrected chi connectivity index (χ0v) is 10.5. The number of anilines is 1. The monoisotopic (exact) mass is 270 g/mol. The van der Waals surface area contributed by atoms with Gasteiger partial charge in [0.2, 0.25) is 11.7 Å². The number of benzene rings is 1. The molecule has 2 heterocycles. The molecular weight excluding hydrogens is 259 g/mol. The van der Waals surface area contributed by atoms with Crippen molar-refractivity contribution < 1.29 is 8.91 Å². The highest BCUT2D eigenvalue weighted by Gasteiger charge is 2.10. The average Bonchev–Trinajstić information content (AvgIpc) is 2.91. The summed E-state index contributed by atoms with van der Waals surface area (Å²) < 4.78 is 17.9. The molecule has 2 N–H and O–H groups in total. The van der Waals surface area contributed by atoms with E-state index < -0.39 is 5.82 Å². The standard InChI is InChI=1S/C14H11FN4O/c15-10-3-6-12(17-8-10)14-18-13(20-19-14)7-9-1-4-11(16)5-2-9/h1-6,8H,7,16H2. The van der Waals surface area contributed by atoms with Crippen molar-refractivity contribution in [3.8, 4) is 11.5 Å². The summed E-state index contributed by atoms with van der Waals surface area (Å²) in [4.78, 5) is 8.14. The Kier molecular flexibility index (Phi) is 3.12. The smallest absolute Gasteiger partial charge is 0.231 e. The Hall–Kier alpha value is -2.76. The molecule has 6 heteroatoms. The zero-order valence-electron chi connectivity index (χ0n) is 10.5. The van der Waals surface area contributed by atoms with Crippen molar-refractivity contribution in [2.45, 2.75) is 6.42 Å². The van der Waals surface area contributed by atoms with E-state index in [2.05, 4.69) is 15.1 Å². The van der Waals surface area contributed by atoms with Gasteiger partial charge in [0.1, 0.15) is 11.5 Å². The second kappa shape index (κ2) is 5.08. The van der Waals surface area contributed by atoms with Gasteiger partial charge in [-0.05, 0) is 29.8 Å². The van der Waals surface area contributed by atoms with Crippen LogP contribution in [0.3, 0.4) is 0 Å². The lowest BCUT2D eigenvalue weighted by Gasteiger charge is -1.97. The minimum absolute atomic E-state index is 0.343. The topological polar surface area (TPSA) is 77.8 Å². The fourth-order valence-electron chi connectivity index (χ4n) is 1.75. The van der Waals surface area contributed by atoms with Crippen molar-refractivity contribution in [2.75, 3.05) is 5.73 Å². The van der Waals surface area contributed by atoms with Gasteiger partial charge in [-0.15, -0.1) is 0 Å². The Morgan fingerprint density at radius 3 is 2.60 bits per heavy atom. The van der Waals surface area contributed by atoms with Gasteiger partial charge in [0.25, 0.3) is 0 Å². The molecule has 1 aromatic carbocycles. The molecule has 0 aliphatic rings. The number of rotatable bonds is 3. The minimum atomic E-state index is -0.403. The number of pyridine rings is 1. The summed E-state index contributed by atoms with van der Waals surface area (Å²) in [5.74, 6) is 0.408. The number of nitrogens with two attached hydrogens (primary N) is 1. The average molecular weight is 270 g/mol. The summed E-state index contributed by atoms with van der Waals surface area (Å²) in [6, 6.07) is 10.2. The molecule has 0 atom stereocenters. The van der Waals surface area contributed by atoms with Gasteiger partial charge in [0.15, 0.2) is 0 Å². The van der Waals surface area contributed by atoms with Crippen LogP contribution in [0.5, 0.6) is 0 Å². The lowest BCUT2D eigenvalue weighted by atomic mass is 10.1. The van der Waals surface area contributed by atoms with E-state index in [0.717, 1.165) is 11.8 Å². The van der Waals surface area contributed by atoms with E-state index in [-0.39, 0.29) is 0 Å². The third kappa shape index (κ3) is 2.64. The van der Waals surface area contributed by atoms with E-state index in [1.54, 1.807) is 0 Å². The second-order valence-electron chi connectivity index (χ2n) is 4.29. The van der Waals surface area contributed by atoms with E-state index in [1.807, 2.05) is 24.3 Å². The van der Waals surface area contributed by atoms with Crippen LogP contribution in [0.15, 0.2) is 47.1 Å². The quantitative estimate of drug-likeness (QED) is 0.739. The summed E-state index contributed by atoms with van der Waals surface area (Å²) in [7, 11) is 0. The Morgan fingerprint density at radius 2 is 1.90 bits per heavy atom. The molecule has 2 aromatic heterocycles. The van der Waals surface area contributed by atoms with Gasteiger partial charge in [-0.1, -0.05) is 17.3 Å². The van der Waals surface area contributed by atoms with Crippen molar-refractivity contribution in [1.29, 1.82) is 0 Å². The van der Waals surface area contributed by atoms with E-state index in [0.29, 0.717) is 29.5 Å². The maximum Gasteiger partial charge on any atom is 0.231 e. The molecule has 3 rings (SSSR count). The Morgan fingerprint density at radius 1 is 1.10 bits per heavy atom. The summed E-state index contributed by atoms with van der Waals surface area (Å²) in [5, 5.41) is 3.83. The first-order valence-electron chi connectivity index (χ1n) is 5.99. The molecule has 0 saturated carbocycles. The number of aromatic nitrogens is 3. The highest BCUT2D eigenvalue weighted by Crippen LogP contribution is 2.15. The molecule has 20 heavy (non-hydrogen) atoms. The van der Waals surface area contributed by atoms with Gasteiger partial charge in [-0.25, -0.2) is 9.37 Å². The molecule has 0 spiro atoms. The van der Waals surface area contributed by atoms with Crippen LogP contribution in [0.1, 0.15) is 11.5 Å². The predicted octanol–water partition coefficient (Wildman–Crippen LogP) is 2.44. The molecule has 3 aromatic rings. The lowest BCUT2D eigenvalue weighted by Crippen LogP contribution is -1.91. The highest BCUT2D eigenvalue weighted by atomic mass is 19.1.